The maximum absolute atomic E-state index is 12.7. The first-order valence-corrected chi connectivity index (χ1v) is 9.78. The number of ether oxygens (including phenoxy) is 1. The van der Waals surface area contributed by atoms with E-state index in [0.717, 1.165) is 10.0 Å². The molecule has 24 heavy (non-hydrogen) atoms. The van der Waals surface area contributed by atoms with Crippen LogP contribution in [-0.4, -0.2) is 45.5 Å². The van der Waals surface area contributed by atoms with E-state index >= 15 is 0 Å². The molecule has 1 aliphatic rings. The first kappa shape index (κ1) is 17.1. The molecule has 0 aliphatic carbocycles. The summed E-state index contributed by atoms with van der Waals surface area (Å²) in [4.78, 5) is 2.13. The van der Waals surface area contributed by atoms with Crippen LogP contribution in [0.15, 0.2) is 68.4 Å². The van der Waals surface area contributed by atoms with Crippen LogP contribution in [0, 0.1) is 0 Å². The van der Waals surface area contributed by atoms with E-state index in [-0.39, 0.29) is 4.90 Å². The van der Waals surface area contributed by atoms with Gasteiger partial charge in [0.15, 0.2) is 0 Å². The lowest BCUT2D eigenvalue weighted by molar-refractivity contribution is 0.0683. The van der Waals surface area contributed by atoms with Crippen molar-refractivity contribution in [3.8, 4) is 0 Å². The third-order valence-corrected chi connectivity index (χ3v) is 5.47. The number of benzene rings is 2. The Labute approximate surface area is 150 Å². The Morgan fingerprint density at radius 2 is 1.62 bits per heavy atom. The molecule has 2 aromatic carbocycles. The minimum atomic E-state index is -3.79. The monoisotopic (exact) mass is 408 g/mol. The number of rotatable bonds is 3. The average Bonchev–Trinajstić information content (AvgIpc) is 2.62. The van der Waals surface area contributed by atoms with Gasteiger partial charge >= 0.3 is 0 Å². The van der Waals surface area contributed by atoms with Crippen LogP contribution in [0.25, 0.3) is 0 Å². The molecule has 126 valence electrons. The van der Waals surface area contributed by atoms with E-state index in [9.17, 15) is 8.42 Å². The number of hydrogen-bond acceptors (Lipinski definition) is 3. The highest BCUT2D eigenvalue weighted by Gasteiger charge is 2.21. The van der Waals surface area contributed by atoms with Gasteiger partial charge in [-0.1, -0.05) is 46.3 Å². The minimum Gasteiger partial charge on any atom is -0.378 e. The molecule has 3 rings (SSSR count). The fourth-order valence-electron chi connectivity index (χ4n) is 2.43. The van der Waals surface area contributed by atoms with Crippen LogP contribution >= 0.6 is 15.9 Å². The van der Waals surface area contributed by atoms with Gasteiger partial charge < -0.3 is 9.64 Å². The number of hydrogen-bond donors (Lipinski definition) is 0. The van der Waals surface area contributed by atoms with Gasteiger partial charge in [-0.3, -0.25) is 0 Å². The first-order valence-electron chi connectivity index (χ1n) is 7.55. The molecule has 0 spiro atoms. The number of sulfonamides is 1. The number of halogens is 1. The molecular weight excluding hydrogens is 392 g/mol. The van der Waals surface area contributed by atoms with Crippen LogP contribution in [0.4, 0.5) is 0 Å². The van der Waals surface area contributed by atoms with Gasteiger partial charge in [-0.05, 0) is 24.3 Å². The van der Waals surface area contributed by atoms with E-state index in [1.165, 1.54) is 0 Å². The van der Waals surface area contributed by atoms with Crippen LogP contribution < -0.4 is 0 Å². The van der Waals surface area contributed by atoms with Gasteiger partial charge in [-0.2, -0.15) is 8.42 Å². The predicted molar refractivity (Wildman–Crippen MR) is 96.7 cm³/mol. The molecule has 0 atom stereocenters. The largest absolute Gasteiger partial charge is 0.378 e. The van der Waals surface area contributed by atoms with Gasteiger partial charge in [0, 0.05) is 23.1 Å². The minimum absolute atomic E-state index is 0.174. The van der Waals surface area contributed by atoms with Crippen LogP contribution in [-0.2, 0) is 14.8 Å². The standard InChI is InChI=1S/C17H17BrN2O3S/c18-15-6-8-16(9-7-15)24(21,22)19-17(14-4-2-1-3-5-14)20-10-12-23-13-11-20/h1-9H,10-13H2/b19-17+. The van der Waals surface area contributed by atoms with Crippen molar-refractivity contribution in [1.29, 1.82) is 0 Å². The quantitative estimate of drug-likeness (QED) is 0.578. The fraction of sp³-hybridized carbons (Fsp3) is 0.235. The summed E-state index contributed by atoms with van der Waals surface area (Å²) in [6.07, 6.45) is 0. The van der Waals surface area contributed by atoms with E-state index in [1.807, 2.05) is 35.2 Å². The van der Waals surface area contributed by atoms with E-state index < -0.39 is 10.0 Å². The summed E-state index contributed by atoms with van der Waals surface area (Å²) in [5.74, 6) is 0.460. The summed E-state index contributed by atoms with van der Waals surface area (Å²) in [5.41, 5.74) is 0.778. The summed E-state index contributed by atoms with van der Waals surface area (Å²) in [5, 5.41) is 0. The van der Waals surface area contributed by atoms with E-state index in [2.05, 4.69) is 20.3 Å². The second kappa shape index (κ2) is 7.46. The third-order valence-electron chi connectivity index (χ3n) is 3.66. The highest BCUT2D eigenvalue weighted by molar-refractivity contribution is 9.10. The smallest absolute Gasteiger partial charge is 0.284 e. The highest BCUT2D eigenvalue weighted by Crippen LogP contribution is 2.19. The van der Waals surface area contributed by atoms with Gasteiger partial charge in [-0.15, -0.1) is 4.40 Å². The van der Waals surface area contributed by atoms with Gasteiger partial charge in [0.2, 0.25) is 0 Å². The molecule has 1 fully saturated rings. The molecule has 7 heteroatoms. The summed E-state index contributed by atoms with van der Waals surface area (Å²) in [6, 6.07) is 15.9. The predicted octanol–water partition coefficient (Wildman–Crippen LogP) is 2.92. The maximum Gasteiger partial charge on any atom is 0.284 e. The summed E-state index contributed by atoms with van der Waals surface area (Å²) in [7, 11) is -3.79. The number of nitrogens with zero attached hydrogens (tertiary/aromatic N) is 2. The molecular formula is C17H17BrN2O3S. The topological polar surface area (TPSA) is 59.0 Å². The summed E-state index contributed by atoms with van der Waals surface area (Å²) >= 11 is 3.31. The fourth-order valence-corrected chi connectivity index (χ4v) is 3.73. The van der Waals surface area contributed by atoms with Crippen LogP contribution in [0.3, 0.4) is 0 Å². The SMILES string of the molecule is O=S(=O)(/N=C(\c1ccccc1)N1CCOCC1)c1ccc(Br)cc1. The van der Waals surface area contributed by atoms with Crippen LogP contribution in [0.5, 0.6) is 0 Å². The van der Waals surface area contributed by atoms with Crippen LogP contribution in [0.2, 0.25) is 0 Å². The lowest BCUT2D eigenvalue weighted by Gasteiger charge is -2.29. The molecule has 0 saturated carbocycles. The lowest BCUT2D eigenvalue weighted by Crippen LogP contribution is -2.41. The molecule has 0 bridgehead atoms. The zero-order valence-electron chi connectivity index (χ0n) is 12.9. The Bertz CT molecular complexity index is 815. The Balaban J connectivity index is 2.03. The number of morpholine rings is 1. The molecule has 1 saturated heterocycles. The van der Waals surface area contributed by atoms with Gasteiger partial charge in [0.05, 0.1) is 18.1 Å². The average molecular weight is 409 g/mol. The molecule has 0 N–H and O–H groups in total. The van der Waals surface area contributed by atoms with Gasteiger partial charge in [0.1, 0.15) is 5.84 Å². The Hall–Kier alpha value is -1.70. The second-order valence-corrected chi connectivity index (χ2v) is 7.83. The Kier molecular flexibility index (Phi) is 5.33. The van der Waals surface area contributed by atoms with Crippen molar-refractivity contribution < 1.29 is 13.2 Å². The molecule has 1 heterocycles. The third kappa shape index (κ3) is 4.03. The van der Waals surface area contributed by atoms with E-state index in [1.54, 1.807) is 24.3 Å². The Morgan fingerprint density at radius 3 is 2.25 bits per heavy atom. The van der Waals surface area contributed by atoms with Crippen molar-refractivity contribution in [2.45, 2.75) is 4.90 Å². The van der Waals surface area contributed by atoms with E-state index in [4.69, 9.17) is 4.74 Å². The van der Waals surface area contributed by atoms with Crippen molar-refractivity contribution in [2.24, 2.45) is 4.40 Å². The highest BCUT2D eigenvalue weighted by atomic mass is 79.9. The van der Waals surface area contributed by atoms with Gasteiger partial charge in [0.25, 0.3) is 10.0 Å². The molecule has 0 radical (unpaired) electrons. The molecule has 1 aliphatic heterocycles. The van der Waals surface area contributed by atoms with Crippen molar-refractivity contribution in [2.75, 3.05) is 26.3 Å². The van der Waals surface area contributed by atoms with Crippen molar-refractivity contribution in [1.82, 2.24) is 4.90 Å². The molecule has 0 aromatic heterocycles. The van der Waals surface area contributed by atoms with Crippen LogP contribution in [0.1, 0.15) is 5.56 Å². The zero-order valence-corrected chi connectivity index (χ0v) is 15.3. The zero-order chi connectivity index (χ0) is 17.0. The molecule has 0 amide bonds. The Morgan fingerprint density at radius 1 is 1.00 bits per heavy atom. The maximum atomic E-state index is 12.7. The molecule has 2 aromatic rings. The lowest BCUT2D eigenvalue weighted by atomic mass is 10.2. The van der Waals surface area contributed by atoms with Gasteiger partial charge in [-0.25, -0.2) is 0 Å². The summed E-state index contributed by atoms with van der Waals surface area (Å²) in [6.45, 7) is 2.35. The normalized spacial score (nSPS) is 16.2. The molecule has 0 unspecified atom stereocenters. The summed E-state index contributed by atoms with van der Waals surface area (Å²) < 4.78 is 35.7. The van der Waals surface area contributed by atoms with Crippen molar-refractivity contribution in [3.63, 3.8) is 0 Å². The number of amidine groups is 1. The van der Waals surface area contributed by atoms with Crippen molar-refractivity contribution >= 4 is 31.8 Å². The van der Waals surface area contributed by atoms with Crippen molar-refractivity contribution in [3.05, 3.63) is 64.6 Å². The van der Waals surface area contributed by atoms with E-state index in [0.29, 0.717) is 32.1 Å². The second-order valence-electron chi connectivity index (χ2n) is 5.31. The molecule has 5 nitrogen and oxygen atoms in total. The first-order chi connectivity index (χ1) is 11.6.